The number of hydrogen-bond acceptors (Lipinski definition) is 35. The molecule has 0 aliphatic carbocycles. The summed E-state index contributed by atoms with van der Waals surface area (Å²) in [5.74, 6) is 0. The van der Waals surface area contributed by atoms with Gasteiger partial charge in [-0.15, -0.1) is 0 Å². The molecule has 90 heavy (non-hydrogen) atoms. The molecule has 2 aromatic rings. The summed E-state index contributed by atoms with van der Waals surface area (Å²) in [6.07, 6.45) is -70.4. The van der Waals surface area contributed by atoms with Crippen molar-refractivity contribution in [1.82, 2.24) is 0 Å². The molecule has 21 aliphatic rings. The molecule has 0 spiro atoms. The first kappa shape index (κ1) is 70.3. The van der Waals surface area contributed by atoms with Gasteiger partial charge in [-0.3, -0.25) is 0 Å². The van der Waals surface area contributed by atoms with Crippen molar-refractivity contribution in [3.8, 4) is 0 Å². The van der Waals surface area contributed by atoms with E-state index < -0.39 is 269 Å². The second-order valence-corrected chi connectivity index (χ2v) is 24.6. The molecule has 36 heteroatoms. The Hall–Kier alpha value is -2.53. The molecule has 21 saturated heterocycles. The minimum absolute atomic E-state index is 0.551. The van der Waals surface area contributed by atoms with Crippen molar-refractivity contribution in [2.24, 2.45) is 0 Å². The second kappa shape index (κ2) is 30.7. The number of ether oxygens (including phenoxy) is 14. The average molecular weight is 1320 g/mol. The van der Waals surface area contributed by atoms with Crippen LogP contribution in [-0.2, 0) is 70.8 Å². The van der Waals surface area contributed by atoms with E-state index in [1.54, 1.807) is 60.7 Å². The van der Waals surface area contributed by atoms with Crippen molar-refractivity contribution >= 4 is 18.8 Å². The van der Waals surface area contributed by atoms with Gasteiger partial charge in [-0.05, 0) is 0 Å². The molecule has 0 radical (unpaired) electrons. The van der Waals surface area contributed by atoms with Crippen molar-refractivity contribution in [3.05, 3.63) is 60.7 Å². The summed E-state index contributed by atoms with van der Waals surface area (Å²) < 4.78 is 88.6. The highest BCUT2D eigenvalue weighted by Gasteiger charge is 2.60. The molecular formula is C54H79O35P. The third-order valence-electron chi connectivity index (χ3n) is 17.0. The Balaban J connectivity index is 0.961. The van der Waals surface area contributed by atoms with E-state index in [1.165, 1.54) is 0 Å². The molecule has 0 amide bonds. The molecule has 21 heterocycles. The maximum absolute atomic E-state index is 12.0. The minimum atomic E-state index is -2.22. The van der Waals surface area contributed by atoms with Crippen molar-refractivity contribution in [3.63, 3.8) is 0 Å². The second-order valence-electron chi connectivity index (χ2n) is 22.7. The van der Waals surface area contributed by atoms with Crippen molar-refractivity contribution in [1.29, 1.82) is 0 Å². The first-order valence-electron chi connectivity index (χ1n) is 29.0. The third kappa shape index (κ3) is 14.3. The number of aliphatic hydroxyl groups is 20. The molecule has 35 atom stereocenters. The Morgan fingerprint density at radius 2 is 0.422 bits per heavy atom. The van der Waals surface area contributed by atoms with Gasteiger partial charge in [-0.2, -0.15) is 0 Å². The minimum Gasteiger partial charge on any atom is -0.394 e. The number of hydrogen-bond donors (Lipinski definition) is 20. The van der Waals surface area contributed by atoms with Crippen LogP contribution in [0.2, 0.25) is 0 Å². The molecule has 2 aromatic carbocycles. The smallest absolute Gasteiger partial charge is 0.187 e. The highest BCUT2D eigenvalue weighted by atomic mass is 31.1. The standard InChI is InChI=1S/C54H79O35P/c55-11-20-41-28(62)35(69)49(77-20)85-43-22(13-57)79-51(37(71)30(43)64)87-45-24(15-59)81-53(39(73)32(45)66)89-47-26(17-75-90(18-7-3-1-4-8-18)19-9-5-2-6-10-19)82-54(40(74)33(47)67)88-46-25(16-60)80-52(38(72)31(46)65)86-44-23(14-58)78-50(36(70)29(44)63)84-42-21(12-56)76-48(83-41)34(68)27(42)61/h1-10,20-74H,11-17H2/t20-,21-,22-,23-,24-,25-,26-,27-,28+,29-,30+,31-,32+,33-,34-,35+,36-,37+,38-,39-,40-,41-,42-,43-,44-,45-,46-,47-,48-,49-,50-,51-,52-,53-,54-/m1/s1. The molecule has 21 aliphatic heterocycles. The SMILES string of the molecule is OC[C@H]1O[C@@H]2O[C@H]3[C@H](O)[C@@H](O)[C@@H](O[C@H]4[C@@H](O)[C@H](O)[C@@H](O[C@H]5[C@@H](O)[C@H](O)[C@@H](O[C@H]6[C@@H](O)[C@@H](O)[C@@H](O[C@H]7[C@H](O)[C@@H](O)[C@@H](O[C@H]8[C@H](O)[C@@H](O)[C@@H](O[C@H]1[C@H](O)[C@H]2O)O[C@@H]8CO)O[C@@H]7COP(c1ccccc1)c1ccccc1)O[C@@H]6CO)O[C@@H]5CO)O[C@@H]4CO)O[C@@H]3CO. The average Bonchev–Trinajstić information content (AvgIpc) is 1.26. The zero-order valence-electron chi connectivity index (χ0n) is 47.4. The van der Waals surface area contributed by atoms with Crippen LogP contribution in [0.25, 0.3) is 0 Å². The van der Waals surface area contributed by atoms with E-state index in [-0.39, 0.29) is 0 Å². The monoisotopic (exact) mass is 1320 g/mol. The Morgan fingerprint density at radius 1 is 0.244 bits per heavy atom. The highest BCUT2D eigenvalue weighted by Crippen LogP contribution is 2.41. The Labute approximate surface area is 512 Å². The molecule has 0 aromatic heterocycles. The quantitative estimate of drug-likeness (QED) is 0.0929. The van der Waals surface area contributed by atoms with Crippen LogP contribution < -0.4 is 10.6 Å². The van der Waals surface area contributed by atoms with Crippen molar-refractivity contribution in [2.75, 3.05) is 46.2 Å². The molecule has 14 bridgehead atoms. The van der Waals surface area contributed by atoms with Gasteiger partial charge in [0.1, 0.15) is 171 Å². The van der Waals surface area contributed by atoms with Gasteiger partial charge in [-0.1, -0.05) is 60.7 Å². The number of benzene rings is 2. The van der Waals surface area contributed by atoms with Gasteiger partial charge in [0.15, 0.2) is 44.0 Å². The van der Waals surface area contributed by atoms with Gasteiger partial charge in [0.05, 0.1) is 54.4 Å². The lowest BCUT2D eigenvalue weighted by Gasteiger charge is -2.50. The molecular weight excluding hydrogens is 1240 g/mol. The Morgan fingerprint density at radius 3 is 0.611 bits per heavy atom. The van der Waals surface area contributed by atoms with Crippen molar-refractivity contribution < 1.29 is 173 Å². The van der Waals surface area contributed by atoms with Crippen LogP contribution in [0.3, 0.4) is 0 Å². The maximum Gasteiger partial charge on any atom is 0.187 e. The first-order valence-corrected chi connectivity index (χ1v) is 30.3. The van der Waals surface area contributed by atoms with Gasteiger partial charge >= 0.3 is 0 Å². The molecule has 35 nitrogen and oxygen atoms in total. The van der Waals surface area contributed by atoms with E-state index in [2.05, 4.69) is 0 Å². The van der Waals surface area contributed by atoms with Crippen LogP contribution in [0.15, 0.2) is 60.7 Å². The van der Waals surface area contributed by atoms with Gasteiger partial charge in [0.2, 0.25) is 0 Å². The molecule has 21 fully saturated rings. The summed E-state index contributed by atoms with van der Waals surface area (Å²) in [4.78, 5) is 0. The van der Waals surface area contributed by atoms with Crippen LogP contribution in [0.4, 0.5) is 0 Å². The first-order chi connectivity index (χ1) is 43.2. The fourth-order valence-corrected chi connectivity index (χ4v) is 13.8. The normalized spacial score (nSPS) is 49.1. The lowest BCUT2D eigenvalue weighted by molar-refractivity contribution is -0.396. The van der Waals surface area contributed by atoms with Crippen LogP contribution in [0.1, 0.15) is 0 Å². The van der Waals surface area contributed by atoms with E-state index in [4.69, 9.17) is 70.8 Å². The molecule has 0 unspecified atom stereocenters. The van der Waals surface area contributed by atoms with E-state index in [9.17, 15) is 102 Å². The largest absolute Gasteiger partial charge is 0.394 e. The van der Waals surface area contributed by atoms with E-state index in [1.807, 2.05) is 0 Å². The predicted molar refractivity (Wildman–Crippen MR) is 286 cm³/mol. The lowest BCUT2D eigenvalue weighted by atomic mass is 9.95. The van der Waals surface area contributed by atoms with Crippen LogP contribution in [-0.4, -0.2) is 363 Å². The van der Waals surface area contributed by atoms with Gasteiger partial charge in [0.25, 0.3) is 0 Å². The molecule has 510 valence electrons. The molecule has 0 saturated carbocycles. The summed E-state index contributed by atoms with van der Waals surface area (Å²) in [7, 11) is -1.74. The van der Waals surface area contributed by atoms with Crippen molar-refractivity contribution in [2.45, 2.75) is 215 Å². The van der Waals surface area contributed by atoms with Gasteiger partial charge in [-0.25, -0.2) is 0 Å². The fraction of sp³-hybridized carbons (Fsp3) is 0.778. The zero-order valence-corrected chi connectivity index (χ0v) is 48.3. The van der Waals surface area contributed by atoms with E-state index in [0.29, 0.717) is 10.6 Å². The van der Waals surface area contributed by atoms with Crippen LogP contribution in [0, 0.1) is 0 Å². The van der Waals surface area contributed by atoms with E-state index in [0.717, 1.165) is 0 Å². The topological polar surface area (TPSA) is 543 Å². The summed E-state index contributed by atoms with van der Waals surface area (Å²) >= 11 is 0. The highest BCUT2D eigenvalue weighted by molar-refractivity contribution is 7.68. The Kier molecular flexibility index (Phi) is 24.0. The lowest BCUT2D eigenvalue weighted by Crippen LogP contribution is -2.68. The van der Waals surface area contributed by atoms with Crippen LogP contribution in [0.5, 0.6) is 0 Å². The Bertz CT molecular complexity index is 2450. The van der Waals surface area contributed by atoms with Crippen LogP contribution >= 0.6 is 8.15 Å². The molecule has 20 N–H and O–H groups in total. The maximum atomic E-state index is 12.0. The van der Waals surface area contributed by atoms with Gasteiger partial charge < -0.3 is 173 Å². The molecule has 23 rings (SSSR count). The number of aliphatic hydroxyl groups excluding tert-OH is 20. The van der Waals surface area contributed by atoms with E-state index >= 15 is 0 Å². The number of rotatable bonds is 11. The predicted octanol–water partition coefficient (Wildman–Crippen LogP) is -12.2. The summed E-state index contributed by atoms with van der Waals surface area (Å²) in [5, 5.41) is 227. The summed E-state index contributed by atoms with van der Waals surface area (Å²) in [5.41, 5.74) is 0. The van der Waals surface area contributed by atoms with Gasteiger partial charge in [0, 0.05) is 10.6 Å². The fourth-order valence-electron chi connectivity index (χ4n) is 12.0. The summed E-state index contributed by atoms with van der Waals surface area (Å²) in [6, 6.07) is 17.7. The summed E-state index contributed by atoms with van der Waals surface area (Å²) in [6.45, 7) is -6.84. The third-order valence-corrected chi connectivity index (χ3v) is 18.9. The zero-order chi connectivity index (χ0) is 64.6.